The van der Waals surface area contributed by atoms with Crippen molar-refractivity contribution < 1.29 is 23.5 Å². The van der Waals surface area contributed by atoms with Gasteiger partial charge in [0.25, 0.3) is 11.8 Å². The minimum absolute atomic E-state index is 0.171. The molecule has 0 unspecified atom stereocenters. The quantitative estimate of drug-likeness (QED) is 0.221. The zero-order valence-electron chi connectivity index (χ0n) is 18.5. The van der Waals surface area contributed by atoms with Gasteiger partial charge in [0.15, 0.2) is 0 Å². The highest BCUT2D eigenvalue weighted by Crippen LogP contribution is 2.32. The van der Waals surface area contributed by atoms with Crippen molar-refractivity contribution >= 4 is 63.8 Å². The van der Waals surface area contributed by atoms with Gasteiger partial charge in [0.1, 0.15) is 17.1 Å². The average molecular weight is 605 g/mol. The summed E-state index contributed by atoms with van der Waals surface area (Å²) in [4.78, 5) is 39.0. The van der Waals surface area contributed by atoms with Gasteiger partial charge in [0, 0.05) is 15.6 Å². The van der Waals surface area contributed by atoms with E-state index < -0.39 is 17.8 Å². The first-order valence-electron chi connectivity index (χ1n) is 10.6. The number of barbiturate groups is 1. The molecule has 1 N–H and O–H groups in total. The number of urea groups is 1. The molecular formula is C26H19ClFIN2O4. The number of carbonyl (C=O) groups is 3. The van der Waals surface area contributed by atoms with Crippen molar-refractivity contribution in [3.05, 3.63) is 97.3 Å². The third-order valence-electron chi connectivity index (χ3n) is 5.25. The normalized spacial score (nSPS) is 14.9. The van der Waals surface area contributed by atoms with Gasteiger partial charge in [-0.3, -0.25) is 14.9 Å². The fourth-order valence-electron chi connectivity index (χ4n) is 3.70. The number of nitrogens with zero attached hydrogens (tertiary/aromatic N) is 1. The summed E-state index contributed by atoms with van der Waals surface area (Å²) in [6, 6.07) is 15.3. The van der Waals surface area contributed by atoms with Crippen molar-refractivity contribution in [2.24, 2.45) is 0 Å². The van der Waals surface area contributed by atoms with Gasteiger partial charge in [-0.05, 0) is 83.1 Å². The molecule has 0 saturated carbocycles. The van der Waals surface area contributed by atoms with Gasteiger partial charge in [-0.15, -0.1) is 0 Å². The van der Waals surface area contributed by atoms with Gasteiger partial charge >= 0.3 is 6.03 Å². The van der Waals surface area contributed by atoms with Crippen LogP contribution in [-0.4, -0.2) is 24.5 Å². The van der Waals surface area contributed by atoms with Crippen LogP contribution in [0.3, 0.4) is 0 Å². The van der Waals surface area contributed by atoms with Crippen molar-refractivity contribution in [3.8, 4) is 5.75 Å². The Bertz CT molecular complexity index is 1380. The number of ether oxygens (including phenoxy) is 1. The maximum absolute atomic E-state index is 13.7. The highest BCUT2D eigenvalue weighted by atomic mass is 127. The van der Waals surface area contributed by atoms with Crippen molar-refractivity contribution in [2.45, 2.75) is 13.3 Å². The molecule has 3 aromatic rings. The number of anilines is 1. The van der Waals surface area contributed by atoms with Crippen LogP contribution in [0.1, 0.15) is 23.6 Å². The van der Waals surface area contributed by atoms with Crippen molar-refractivity contribution in [1.82, 2.24) is 5.32 Å². The van der Waals surface area contributed by atoms with Crippen LogP contribution in [0.2, 0.25) is 5.02 Å². The summed E-state index contributed by atoms with van der Waals surface area (Å²) in [5.74, 6) is -1.36. The molecule has 0 radical (unpaired) electrons. The van der Waals surface area contributed by atoms with Crippen LogP contribution in [0.4, 0.5) is 14.9 Å². The molecule has 6 nitrogen and oxygen atoms in total. The first kappa shape index (κ1) is 24.9. The first-order chi connectivity index (χ1) is 16.8. The highest BCUT2D eigenvalue weighted by molar-refractivity contribution is 14.1. The number of para-hydroxylation sites is 1. The second-order valence-electron chi connectivity index (χ2n) is 7.63. The summed E-state index contributed by atoms with van der Waals surface area (Å²) in [5, 5.41) is 2.39. The summed E-state index contributed by atoms with van der Waals surface area (Å²) < 4.78 is 20.3. The minimum Gasteiger partial charge on any atom is -0.494 e. The van der Waals surface area contributed by atoms with E-state index in [4.69, 9.17) is 16.3 Å². The molecule has 3 aromatic carbocycles. The lowest BCUT2D eigenvalue weighted by Crippen LogP contribution is -2.54. The lowest BCUT2D eigenvalue weighted by atomic mass is 10.0. The molecule has 178 valence electrons. The maximum atomic E-state index is 13.7. The van der Waals surface area contributed by atoms with Gasteiger partial charge in [-0.1, -0.05) is 35.9 Å². The Morgan fingerprint density at radius 1 is 1.09 bits per heavy atom. The maximum Gasteiger partial charge on any atom is 0.335 e. The Labute approximate surface area is 219 Å². The standard InChI is InChI=1S/C26H19ClFIN2O4/c1-2-35-23-14-16(13-21(29)18(23)11-15-6-5-7-17(28)10-15)12-19-24(32)30-26(34)31(25(19)33)22-9-4-3-8-20(22)27/h3-10,12-14H,2,11H2,1H3,(H,30,32,34)/b19-12+. The van der Waals surface area contributed by atoms with E-state index >= 15 is 0 Å². The molecule has 4 rings (SSSR count). The van der Waals surface area contributed by atoms with Crippen LogP contribution >= 0.6 is 34.2 Å². The topological polar surface area (TPSA) is 75.7 Å². The van der Waals surface area contributed by atoms with Crippen LogP contribution in [0.25, 0.3) is 6.08 Å². The number of imide groups is 2. The molecule has 0 aliphatic carbocycles. The molecule has 1 heterocycles. The molecule has 1 aliphatic heterocycles. The summed E-state index contributed by atoms with van der Waals surface area (Å²) in [5.41, 5.74) is 2.12. The fraction of sp³-hybridized carbons (Fsp3) is 0.115. The van der Waals surface area contributed by atoms with Gasteiger partial charge < -0.3 is 4.74 Å². The second kappa shape index (κ2) is 10.6. The Hall–Kier alpha value is -3.24. The summed E-state index contributed by atoms with van der Waals surface area (Å²) in [6.45, 7) is 2.23. The molecule has 1 aliphatic rings. The molecule has 9 heteroatoms. The van der Waals surface area contributed by atoms with Gasteiger partial charge in [-0.2, -0.15) is 0 Å². The predicted molar refractivity (Wildman–Crippen MR) is 140 cm³/mol. The minimum atomic E-state index is -0.875. The zero-order valence-corrected chi connectivity index (χ0v) is 21.4. The van der Waals surface area contributed by atoms with Gasteiger partial charge in [0.2, 0.25) is 0 Å². The number of benzene rings is 3. The molecule has 0 aromatic heterocycles. The zero-order chi connectivity index (χ0) is 25.1. The number of hydrogen-bond acceptors (Lipinski definition) is 4. The molecule has 0 atom stereocenters. The highest BCUT2D eigenvalue weighted by Gasteiger charge is 2.37. The number of hydrogen-bond donors (Lipinski definition) is 1. The van der Waals surface area contributed by atoms with E-state index in [9.17, 15) is 18.8 Å². The number of nitrogens with one attached hydrogen (secondary N) is 1. The Morgan fingerprint density at radius 3 is 2.57 bits per heavy atom. The van der Waals surface area contributed by atoms with Gasteiger partial charge in [0.05, 0.1) is 17.3 Å². The van der Waals surface area contributed by atoms with Gasteiger partial charge in [-0.25, -0.2) is 14.1 Å². The van der Waals surface area contributed by atoms with Crippen LogP contribution in [0.5, 0.6) is 5.75 Å². The van der Waals surface area contributed by atoms with Crippen LogP contribution in [0, 0.1) is 9.39 Å². The summed E-state index contributed by atoms with van der Waals surface area (Å²) >= 11 is 8.33. The van der Waals surface area contributed by atoms with E-state index in [-0.39, 0.29) is 22.1 Å². The van der Waals surface area contributed by atoms with E-state index in [2.05, 4.69) is 27.9 Å². The second-order valence-corrected chi connectivity index (χ2v) is 9.20. The van der Waals surface area contributed by atoms with E-state index in [0.29, 0.717) is 24.3 Å². The Morgan fingerprint density at radius 2 is 1.86 bits per heavy atom. The lowest BCUT2D eigenvalue weighted by molar-refractivity contribution is -0.122. The molecule has 4 amide bonds. The molecule has 35 heavy (non-hydrogen) atoms. The summed E-state index contributed by atoms with van der Waals surface area (Å²) in [7, 11) is 0. The third kappa shape index (κ3) is 5.38. The van der Waals surface area contributed by atoms with Crippen molar-refractivity contribution in [3.63, 3.8) is 0 Å². The number of rotatable bonds is 6. The molecule has 0 spiro atoms. The monoisotopic (exact) mass is 604 g/mol. The number of carbonyl (C=O) groups excluding carboxylic acids is 3. The molecular weight excluding hydrogens is 586 g/mol. The first-order valence-corrected chi connectivity index (χ1v) is 12.1. The van der Waals surface area contributed by atoms with E-state index in [1.54, 1.807) is 36.4 Å². The number of amides is 4. The fourth-order valence-corrected chi connectivity index (χ4v) is 4.73. The van der Waals surface area contributed by atoms with E-state index in [1.807, 2.05) is 13.0 Å². The van der Waals surface area contributed by atoms with E-state index in [0.717, 1.165) is 19.6 Å². The summed E-state index contributed by atoms with van der Waals surface area (Å²) in [6.07, 6.45) is 1.85. The molecule has 1 fully saturated rings. The third-order valence-corrected chi connectivity index (χ3v) is 6.53. The van der Waals surface area contributed by atoms with Crippen LogP contribution in [-0.2, 0) is 16.0 Å². The SMILES string of the molecule is CCOc1cc(/C=C2\C(=O)NC(=O)N(c3ccccc3Cl)C2=O)cc(I)c1Cc1cccc(F)c1. The Kier molecular flexibility index (Phi) is 7.51. The van der Waals surface area contributed by atoms with Crippen LogP contribution < -0.4 is 15.0 Å². The van der Waals surface area contributed by atoms with Crippen molar-refractivity contribution in [1.29, 1.82) is 0 Å². The largest absolute Gasteiger partial charge is 0.494 e. The van der Waals surface area contributed by atoms with Crippen molar-refractivity contribution in [2.75, 3.05) is 11.5 Å². The number of halogens is 3. The average Bonchev–Trinajstić information content (AvgIpc) is 2.80. The van der Waals surface area contributed by atoms with E-state index in [1.165, 1.54) is 24.3 Å². The predicted octanol–water partition coefficient (Wildman–Crippen LogP) is 5.74. The molecule has 1 saturated heterocycles. The Balaban J connectivity index is 1.73. The molecule has 0 bridgehead atoms. The van der Waals surface area contributed by atoms with Crippen LogP contribution in [0.15, 0.2) is 66.2 Å². The smallest absolute Gasteiger partial charge is 0.335 e. The lowest BCUT2D eigenvalue weighted by Gasteiger charge is -2.27.